The summed E-state index contributed by atoms with van der Waals surface area (Å²) >= 11 is 1.21. The number of carbonyl (C=O) groups excluding carboxylic acids is 2. The molecule has 1 N–H and O–H groups in total. The molecule has 0 aromatic carbocycles. The van der Waals surface area contributed by atoms with Crippen molar-refractivity contribution < 1.29 is 14.0 Å². The lowest BCUT2D eigenvalue weighted by Crippen LogP contribution is -2.33. The van der Waals surface area contributed by atoms with Crippen LogP contribution >= 0.6 is 11.3 Å². The predicted molar refractivity (Wildman–Crippen MR) is 73.7 cm³/mol. The number of hydrogen-bond acceptors (Lipinski definition) is 4. The van der Waals surface area contributed by atoms with Crippen molar-refractivity contribution in [3.8, 4) is 0 Å². The minimum Gasteiger partial charge on any atom is -0.469 e. The third kappa shape index (κ3) is 3.54. The van der Waals surface area contributed by atoms with Gasteiger partial charge in [-0.2, -0.15) is 0 Å². The third-order valence-corrected chi connectivity index (χ3v) is 3.83. The molecule has 1 amide bonds. The smallest absolute Gasteiger partial charge is 0.261 e. The SMILES string of the molecule is CC(=O)c1ccc(C(=O)NC(C)Cc2ccco2)s1. The summed E-state index contributed by atoms with van der Waals surface area (Å²) in [5.74, 6) is 0.660. The van der Waals surface area contributed by atoms with Crippen LogP contribution in [0.1, 0.15) is 39.0 Å². The predicted octanol–water partition coefficient (Wildman–Crippen LogP) is 2.90. The van der Waals surface area contributed by atoms with Gasteiger partial charge in [0.2, 0.25) is 0 Å². The Morgan fingerprint density at radius 2 is 2.05 bits per heavy atom. The second kappa shape index (κ2) is 5.84. The molecule has 2 rings (SSSR count). The average Bonchev–Trinajstić information content (AvgIpc) is 2.98. The molecule has 0 aliphatic rings. The fourth-order valence-electron chi connectivity index (χ4n) is 1.73. The lowest BCUT2D eigenvalue weighted by molar-refractivity contribution is 0.0942. The number of rotatable bonds is 5. The number of carbonyl (C=O) groups is 2. The summed E-state index contributed by atoms with van der Waals surface area (Å²) in [4.78, 5) is 24.3. The van der Waals surface area contributed by atoms with Crippen LogP contribution in [0, 0.1) is 0 Å². The summed E-state index contributed by atoms with van der Waals surface area (Å²) in [5, 5.41) is 2.89. The zero-order chi connectivity index (χ0) is 13.8. The molecule has 100 valence electrons. The fraction of sp³-hybridized carbons (Fsp3) is 0.286. The van der Waals surface area contributed by atoms with Crippen molar-refractivity contribution in [3.05, 3.63) is 46.0 Å². The molecule has 0 bridgehead atoms. The number of amides is 1. The van der Waals surface area contributed by atoms with Crippen molar-refractivity contribution in [1.82, 2.24) is 5.32 Å². The topological polar surface area (TPSA) is 59.3 Å². The van der Waals surface area contributed by atoms with E-state index in [1.807, 2.05) is 19.1 Å². The number of furan rings is 1. The number of ketones is 1. The summed E-state index contributed by atoms with van der Waals surface area (Å²) in [7, 11) is 0. The van der Waals surface area contributed by atoms with E-state index in [0.717, 1.165) is 5.76 Å². The molecule has 19 heavy (non-hydrogen) atoms. The Labute approximate surface area is 115 Å². The highest BCUT2D eigenvalue weighted by Gasteiger charge is 2.14. The first-order valence-electron chi connectivity index (χ1n) is 6.00. The minimum absolute atomic E-state index is 0.0207. The van der Waals surface area contributed by atoms with Crippen LogP contribution in [0.4, 0.5) is 0 Å². The van der Waals surface area contributed by atoms with E-state index in [4.69, 9.17) is 4.42 Å². The van der Waals surface area contributed by atoms with E-state index in [1.165, 1.54) is 18.3 Å². The van der Waals surface area contributed by atoms with E-state index in [9.17, 15) is 9.59 Å². The summed E-state index contributed by atoms with van der Waals surface area (Å²) in [6.07, 6.45) is 2.26. The van der Waals surface area contributed by atoms with Gasteiger partial charge in [0.05, 0.1) is 16.0 Å². The van der Waals surface area contributed by atoms with Gasteiger partial charge in [-0.3, -0.25) is 9.59 Å². The van der Waals surface area contributed by atoms with Gasteiger partial charge in [0, 0.05) is 12.5 Å². The second-order valence-electron chi connectivity index (χ2n) is 4.38. The molecule has 0 fully saturated rings. The first kappa shape index (κ1) is 13.5. The standard InChI is InChI=1S/C14H15NO3S/c1-9(8-11-4-3-7-18-11)15-14(17)13-6-5-12(19-13)10(2)16/h3-7,9H,8H2,1-2H3,(H,15,17). The Kier molecular flexibility index (Phi) is 4.16. The molecule has 2 aromatic heterocycles. The van der Waals surface area contributed by atoms with Crippen LogP contribution in [-0.4, -0.2) is 17.7 Å². The number of hydrogen-bond donors (Lipinski definition) is 1. The molecule has 0 spiro atoms. The molecule has 2 heterocycles. The molecule has 0 aliphatic carbocycles. The molecule has 1 unspecified atom stereocenters. The summed E-state index contributed by atoms with van der Waals surface area (Å²) in [6, 6.07) is 7.03. The van der Waals surface area contributed by atoms with E-state index in [-0.39, 0.29) is 17.7 Å². The van der Waals surface area contributed by atoms with Gasteiger partial charge in [-0.25, -0.2) is 0 Å². The van der Waals surface area contributed by atoms with Crippen molar-refractivity contribution in [3.63, 3.8) is 0 Å². The van der Waals surface area contributed by atoms with E-state index in [0.29, 0.717) is 16.2 Å². The summed E-state index contributed by atoms with van der Waals surface area (Å²) in [5.41, 5.74) is 0. The van der Waals surface area contributed by atoms with Crippen molar-refractivity contribution in [1.29, 1.82) is 0 Å². The average molecular weight is 277 g/mol. The van der Waals surface area contributed by atoms with E-state index >= 15 is 0 Å². The minimum atomic E-state index is -0.156. The van der Waals surface area contributed by atoms with E-state index in [2.05, 4.69) is 5.32 Å². The lowest BCUT2D eigenvalue weighted by Gasteiger charge is -2.11. The summed E-state index contributed by atoms with van der Waals surface area (Å²) < 4.78 is 5.23. The van der Waals surface area contributed by atoms with Crippen molar-refractivity contribution in [2.45, 2.75) is 26.3 Å². The number of thiophene rings is 1. The van der Waals surface area contributed by atoms with Crippen LogP contribution in [0.2, 0.25) is 0 Å². The molecular formula is C14H15NO3S. The van der Waals surface area contributed by atoms with Crippen LogP contribution in [-0.2, 0) is 6.42 Å². The first-order valence-corrected chi connectivity index (χ1v) is 6.82. The highest BCUT2D eigenvalue weighted by molar-refractivity contribution is 7.15. The monoisotopic (exact) mass is 277 g/mol. The Morgan fingerprint density at radius 3 is 2.63 bits per heavy atom. The van der Waals surface area contributed by atoms with Crippen LogP contribution in [0.25, 0.3) is 0 Å². The van der Waals surface area contributed by atoms with Gasteiger partial charge < -0.3 is 9.73 Å². The van der Waals surface area contributed by atoms with Gasteiger partial charge in [-0.05, 0) is 38.1 Å². The van der Waals surface area contributed by atoms with E-state index < -0.39 is 0 Å². The molecule has 5 heteroatoms. The maximum atomic E-state index is 12.0. The van der Waals surface area contributed by atoms with Crippen LogP contribution in [0.3, 0.4) is 0 Å². The van der Waals surface area contributed by atoms with Gasteiger partial charge in [-0.15, -0.1) is 11.3 Å². The third-order valence-electron chi connectivity index (χ3n) is 2.64. The normalized spacial score (nSPS) is 12.1. The molecule has 0 saturated carbocycles. The highest BCUT2D eigenvalue weighted by Crippen LogP contribution is 2.17. The number of nitrogens with one attached hydrogen (secondary N) is 1. The fourth-order valence-corrected chi connectivity index (χ4v) is 2.53. The molecule has 0 radical (unpaired) electrons. The van der Waals surface area contributed by atoms with Crippen LogP contribution in [0.15, 0.2) is 34.9 Å². The second-order valence-corrected chi connectivity index (χ2v) is 5.46. The zero-order valence-electron chi connectivity index (χ0n) is 10.8. The number of Topliss-reactive ketones (excluding diaryl/α,β-unsaturated/α-hetero) is 1. The van der Waals surface area contributed by atoms with Crippen molar-refractivity contribution >= 4 is 23.0 Å². The van der Waals surface area contributed by atoms with Crippen molar-refractivity contribution in [2.75, 3.05) is 0 Å². The molecule has 0 aliphatic heterocycles. The van der Waals surface area contributed by atoms with Gasteiger partial charge in [0.25, 0.3) is 5.91 Å². The summed E-state index contributed by atoms with van der Waals surface area (Å²) in [6.45, 7) is 3.41. The van der Waals surface area contributed by atoms with Crippen molar-refractivity contribution in [2.24, 2.45) is 0 Å². The Balaban J connectivity index is 1.94. The lowest BCUT2D eigenvalue weighted by atomic mass is 10.2. The molecule has 1 atom stereocenters. The molecule has 4 nitrogen and oxygen atoms in total. The highest BCUT2D eigenvalue weighted by atomic mass is 32.1. The van der Waals surface area contributed by atoms with Gasteiger partial charge in [0.1, 0.15) is 5.76 Å². The zero-order valence-corrected chi connectivity index (χ0v) is 11.6. The first-order chi connectivity index (χ1) is 9.06. The Morgan fingerprint density at radius 1 is 1.32 bits per heavy atom. The Hall–Kier alpha value is -1.88. The largest absolute Gasteiger partial charge is 0.469 e. The van der Waals surface area contributed by atoms with Gasteiger partial charge in [0.15, 0.2) is 5.78 Å². The van der Waals surface area contributed by atoms with Gasteiger partial charge >= 0.3 is 0 Å². The van der Waals surface area contributed by atoms with Crippen LogP contribution < -0.4 is 5.32 Å². The maximum absolute atomic E-state index is 12.0. The Bertz CT molecular complexity index is 571. The van der Waals surface area contributed by atoms with Crippen LogP contribution in [0.5, 0.6) is 0 Å². The molecule has 0 saturated heterocycles. The quantitative estimate of drug-likeness (QED) is 0.855. The molecular weight excluding hydrogens is 262 g/mol. The maximum Gasteiger partial charge on any atom is 0.261 e. The van der Waals surface area contributed by atoms with E-state index in [1.54, 1.807) is 18.4 Å². The molecule has 2 aromatic rings. The van der Waals surface area contributed by atoms with Gasteiger partial charge in [-0.1, -0.05) is 0 Å².